The first-order valence-electron chi connectivity index (χ1n) is 15.6. The summed E-state index contributed by atoms with van der Waals surface area (Å²) in [4.78, 5) is 23.4. The summed E-state index contributed by atoms with van der Waals surface area (Å²) < 4.78 is 12.6. The van der Waals surface area contributed by atoms with Crippen LogP contribution in [0.3, 0.4) is 0 Å². The van der Waals surface area contributed by atoms with E-state index in [1.54, 1.807) is 12.5 Å². The van der Waals surface area contributed by atoms with E-state index in [2.05, 4.69) is 39.1 Å². The van der Waals surface area contributed by atoms with Gasteiger partial charge in [-0.05, 0) is 98.4 Å². The second-order valence-electron chi connectivity index (χ2n) is 14.0. The molecule has 1 amide bonds. The van der Waals surface area contributed by atoms with Gasteiger partial charge in [0.1, 0.15) is 12.2 Å². The minimum Gasteiger partial charge on any atom is -0.494 e. The van der Waals surface area contributed by atoms with Crippen LogP contribution in [0, 0.1) is 40.4 Å². The van der Waals surface area contributed by atoms with Crippen LogP contribution in [0.1, 0.15) is 112 Å². The maximum atomic E-state index is 12.1. The second kappa shape index (κ2) is 10.7. The zero-order chi connectivity index (χ0) is 27.2. The molecule has 4 aliphatic carbocycles. The molecule has 0 saturated heterocycles. The van der Waals surface area contributed by atoms with Gasteiger partial charge in [-0.3, -0.25) is 9.59 Å². The van der Waals surface area contributed by atoms with E-state index < -0.39 is 0 Å². The molecular weight excluding hydrogens is 474 g/mol. The van der Waals surface area contributed by atoms with Gasteiger partial charge in [-0.2, -0.15) is 0 Å². The summed E-state index contributed by atoms with van der Waals surface area (Å²) in [5.41, 5.74) is 3.67. The first-order chi connectivity index (χ1) is 18.1. The molecule has 9 atom stereocenters. The molecule has 5 aliphatic rings. The van der Waals surface area contributed by atoms with E-state index in [4.69, 9.17) is 9.47 Å². The number of carbonyl (C=O) groups excluding carboxylic acids is 2. The van der Waals surface area contributed by atoms with Crippen LogP contribution < -0.4 is 5.32 Å². The Balaban J connectivity index is 1.26. The first-order valence-corrected chi connectivity index (χ1v) is 15.6. The number of esters is 1. The van der Waals surface area contributed by atoms with Gasteiger partial charge >= 0.3 is 5.97 Å². The summed E-state index contributed by atoms with van der Waals surface area (Å²) in [5.74, 6) is 4.49. The Kier molecular flexibility index (Phi) is 7.79. The third-order valence-corrected chi connectivity index (χ3v) is 11.6. The fraction of sp³-hybridized carbons (Fsp3) is 0.818. The Morgan fingerprint density at radius 2 is 2.00 bits per heavy atom. The minimum atomic E-state index is -0.0219. The van der Waals surface area contributed by atoms with Gasteiger partial charge in [0.2, 0.25) is 5.91 Å². The minimum absolute atomic E-state index is 0.0219. The number of hydrogen-bond acceptors (Lipinski definition) is 4. The summed E-state index contributed by atoms with van der Waals surface area (Å²) in [6, 6.07) is 0. The predicted molar refractivity (Wildman–Crippen MR) is 150 cm³/mol. The number of hydrogen-bond donors (Lipinski definition) is 1. The fourth-order valence-electron chi connectivity index (χ4n) is 9.56. The highest BCUT2D eigenvalue weighted by molar-refractivity contribution is 5.72. The molecule has 5 rings (SSSR count). The fourth-order valence-corrected chi connectivity index (χ4v) is 9.56. The Hall–Kier alpha value is -1.78. The number of rotatable bonds is 8. The average Bonchev–Trinajstić information content (AvgIpc) is 3.34. The van der Waals surface area contributed by atoms with Crippen LogP contribution in [-0.4, -0.2) is 30.6 Å². The third kappa shape index (κ3) is 4.85. The molecular formula is C33H51NO4. The number of fused-ring (bicyclic) bond motifs is 7. The predicted octanol–water partition coefficient (Wildman–Crippen LogP) is 7.11. The quantitative estimate of drug-likeness (QED) is 0.271. The van der Waals surface area contributed by atoms with Crippen molar-refractivity contribution in [3.63, 3.8) is 0 Å². The monoisotopic (exact) mass is 525 g/mol. The highest BCUT2D eigenvalue weighted by Crippen LogP contribution is 2.69. The van der Waals surface area contributed by atoms with E-state index in [-0.39, 0.29) is 23.4 Å². The van der Waals surface area contributed by atoms with Crippen LogP contribution in [-0.2, 0) is 19.1 Å². The molecule has 0 unspecified atom stereocenters. The lowest BCUT2D eigenvalue weighted by Gasteiger charge is -2.58. The van der Waals surface area contributed by atoms with Gasteiger partial charge in [-0.1, -0.05) is 39.3 Å². The van der Waals surface area contributed by atoms with Crippen molar-refractivity contribution in [3.05, 3.63) is 23.0 Å². The van der Waals surface area contributed by atoms with Gasteiger partial charge < -0.3 is 14.8 Å². The molecule has 3 saturated carbocycles. The van der Waals surface area contributed by atoms with Gasteiger partial charge in [0.25, 0.3) is 0 Å². The molecule has 0 bridgehead atoms. The maximum absolute atomic E-state index is 12.1. The number of carbonyl (C=O) groups is 2. The van der Waals surface area contributed by atoms with E-state index in [1.165, 1.54) is 37.0 Å². The van der Waals surface area contributed by atoms with E-state index in [9.17, 15) is 9.59 Å². The number of nitrogens with one attached hydrogen (secondary N) is 1. The molecule has 1 heterocycles. The number of amides is 1. The summed E-state index contributed by atoms with van der Waals surface area (Å²) in [6.45, 7) is 14.0. The second-order valence-corrected chi connectivity index (χ2v) is 14.0. The standard InChI is InChI=1S/C33H51NO4/c1-7-8-30(36)37-24-13-15-32(5)23(17-24)10-11-25-26(32)14-16-33(6)27(25)18-29-31(33)21(3)28(38-29)12-9-20(2)19-34-22(4)35/h10,20,24-27,29,31H,7-9,11-19H2,1-6H3,(H,34,35)/t20-,24+,25+,26-,27-,29-,31-,32-,33-/m0/s1. The van der Waals surface area contributed by atoms with Gasteiger partial charge in [-0.25, -0.2) is 0 Å². The Bertz CT molecular complexity index is 999. The third-order valence-electron chi connectivity index (χ3n) is 11.6. The van der Waals surface area contributed by atoms with E-state index in [0.29, 0.717) is 29.8 Å². The molecule has 0 aromatic rings. The first kappa shape index (κ1) is 27.8. The van der Waals surface area contributed by atoms with Crippen LogP contribution in [0.4, 0.5) is 0 Å². The van der Waals surface area contributed by atoms with Crippen LogP contribution in [0.25, 0.3) is 0 Å². The molecule has 0 aromatic heterocycles. The van der Waals surface area contributed by atoms with Crippen LogP contribution in [0.2, 0.25) is 0 Å². The molecule has 1 aliphatic heterocycles. The van der Waals surface area contributed by atoms with Crippen molar-refractivity contribution < 1.29 is 19.1 Å². The van der Waals surface area contributed by atoms with Crippen molar-refractivity contribution >= 4 is 11.9 Å². The van der Waals surface area contributed by atoms with Crippen molar-refractivity contribution in [3.8, 4) is 0 Å². The molecule has 1 N–H and O–H groups in total. The summed E-state index contributed by atoms with van der Waals surface area (Å²) >= 11 is 0. The number of ether oxygens (including phenoxy) is 2. The topological polar surface area (TPSA) is 64.6 Å². The lowest BCUT2D eigenvalue weighted by molar-refractivity contribution is -0.151. The SMILES string of the molecule is CCCC(=O)O[C@@H]1CC[C@@]2(C)C(=CC[C@H]3[C@@H]4C[C@@H]5OC(CC[C@H](C)CNC(C)=O)=C(C)[C@@H]5[C@@]4(C)CC[C@@H]32)C1. The summed E-state index contributed by atoms with van der Waals surface area (Å²) in [5, 5.41) is 2.96. The van der Waals surface area contributed by atoms with Crippen molar-refractivity contribution in [1.29, 1.82) is 0 Å². The zero-order valence-electron chi connectivity index (χ0n) is 24.7. The van der Waals surface area contributed by atoms with Crippen LogP contribution in [0.15, 0.2) is 23.0 Å². The van der Waals surface area contributed by atoms with Gasteiger partial charge in [0, 0.05) is 38.6 Å². The van der Waals surface area contributed by atoms with E-state index in [1.807, 2.05) is 6.92 Å². The number of allylic oxidation sites excluding steroid dienone is 2. The Morgan fingerprint density at radius 1 is 1.21 bits per heavy atom. The summed E-state index contributed by atoms with van der Waals surface area (Å²) in [7, 11) is 0. The molecule has 5 heteroatoms. The normalized spacial score (nSPS) is 40.2. The Labute approximate surface area is 230 Å². The molecule has 0 spiro atoms. The lowest BCUT2D eigenvalue weighted by Crippen LogP contribution is -2.50. The van der Waals surface area contributed by atoms with Crippen molar-refractivity contribution in [2.75, 3.05) is 6.54 Å². The maximum Gasteiger partial charge on any atom is 0.306 e. The molecule has 38 heavy (non-hydrogen) atoms. The lowest BCUT2D eigenvalue weighted by atomic mass is 9.47. The highest BCUT2D eigenvalue weighted by atomic mass is 16.5. The average molecular weight is 526 g/mol. The van der Waals surface area contributed by atoms with Crippen LogP contribution >= 0.6 is 0 Å². The largest absolute Gasteiger partial charge is 0.494 e. The van der Waals surface area contributed by atoms with E-state index >= 15 is 0 Å². The summed E-state index contributed by atoms with van der Waals surface area (Å²) in [6.07, 6.45) is 14.5. The van der Waals surface area contributed by atoms with Gasteiger partial charge in [-0.15, -0.1) is 0 Å². The Morgan fingerprint density at radius 3 is 2.74 bits per heavy atom. The van der Waals surface area contributed by atoms with E-state index in [0.717, 1.165) is 62.8 Å². The molecule has 0 aromatic carbocycles. The van der Waals surface area contributed by atoms with Gasteiger partial charge in [0.05, 0.1) is 5.76 Å². The van der Waals surface area contributed by atoms with Crippen molar-refractivity contribution in [1.82, 2.24) is 5.32 Å². The molecule has 5 nitrogen and oxygen atoms in total. The smallest absolute Gasteiger partial charge is 0.306 e. The molecule has 0 radical (unpaired) electrons. The van der Waals surface area contributed by atoms with Gasteiger partial charge in [0.15, 0.2) is 0 Å². The molecule has 3 fully saturated rings. The van der Waals surface area contributed by atoms with Crippen molar-refractivity contribution in [2.24, 2.45) is 40.4 Å². The molecule has 212 valence electrons. The zero-order valence-corrected chi connectivity index (χ0v) is 24.7. The van der Waals surface area contributed by atoms with Crippen LogP contribution in [0.5, 0.6) is 0 Å². The highest BCUT2D eigenvalue weighted by Gasteiger charge is 2.63. The van der Waals surface area contributed by atoms with Crippen molar-refractivity contribution in [2.45, 2.75) is 124 Å².